The molecule has 1 fully saturated rings. The first-order valence-electron chi connectivity index (χ1n) is 12.6. The molecule has 7 nitrogen and oxygen atoms in total. The molecule has 35 heavy (non-hydrogen) atoms. The van der Waals surface area contributed by atoms with Crippen molar-refractivity contribution in [1.82, 2.24) is 14.0 Å². The van der Waals surface area contributed by atoms with Crippen LogP contribution in [0, 0.1) is 10.8 Å². The average molecular weight is 479 g/mol. The van der Waals surface area contributed by atoms with Crippen LogP contribution in [0.2, 0.25) is 0 Å². The van der Waals surface area contributed by atoms with Crippen LogP contribution in [-0.2, 0) is 18.4 Å². The minimum atomic E-state index is -0.342. The molecule has 0 aliphatic carbocycles. The van der Waals surface area contributed by atoms with Crippen molar-refractivity contribution in [2.75, 3.05) is 31.1 Å². The van der Waals surface area contributed by atoms with Crippen molar-refractivity contribution in [2.45, 2.75) is 54.5 Å². The number of imidazole rings is 1. The number of aromatic nitrogens is 3. The van der Waals surface area contributed by atoms with Crippen molar-refractivity contribution < 1.29 is 9.78 Å². The van der Waals surface area contributed by atoms with Crippen LogP contribution < -0.4 is 15.6 Å². The third kappa shape index (κ3) is 5.29. The summed E-state index contributed by atoms with van der Waals surface area (Å²) in [5.74, 6) is 0.228. The summed E-state index contributed by atoms with van der Waals surface area (Å²) in [6.45, 7) is 16.4. The summed E-state index contributed by atoms with van der Waals surface area (Å²) in [5.41, 5.74) is 4.64. The third-order valence-corrected chi connectivity index (χ3v) is 6.65. The van der Waals surface area contributed by atoms with Crippen molar-refractivity contribution in [2.24, 2.45) is 17.9 Å². The standard InChI is InChI=1S/C28H39N5O2/c1-27(2,3)19-33-23-14-13-22(29-24(23)30(7)26(33)35)20-9-11-21(12-10-20)31-15-8-16-32(18-17-31)25(34)28(4,5)6/h9-14H,8,15-19H2,1-7H3/p+1. The van der Waals surface area contributed by atoms with Gasteiger partial charge in [0.1, 0.15) is 11.2 Å². The normalized spacial score (nSPS) is 15.5. The molecule has 0 spiro atoms. The molecule has 4 rings (SSSR count). The molecule has 0 radical (unpaired) electrons. The third-order valence-electron chi connectivity index (χ3n) is 6.65. The van der Waals surface area contributed by atoms with E-state index in [4.69, 9.17) is 0 Å². The highest BCUT2D eigenvalue weighted by molar-refractivity contribution is 5.81. The maximum absolute atomic E-state index is 12.9. The number of fused-ring (bicyclic) bond motifs is 1. The van der Waals surface area contributed by atoms with Crippen LogP contribution in [0.4, 0.5) is 5.69 Å². The van der Waals surface area contributed by atoms with E-state index in [2.05, 4.69) is 61.0 Å². The lowest BCUT2D eigenvalue weighted by Crippen LogP contribution is -2.41. The molecule has 0 atom stereocenters. The topological polar surface area (TPSA) is 64.6 Å². The molecule has 3 aromatic rings. The van der Waals surface area contributed by atoms with Gasteiger partial charge in [0, 0.05) is 49.4 Å². The van der Waals surface area contributed by atoms with Crippen molar-refractivity contribution in [3.63, 3.8) is 0 Å². The summed E-state index contributed by atoms with van der Waals surface area (Å²) in [4.78, 5) is 33.4. The van der Waals surface area contributed by atoms with E-state index in [-0.39, 0.29) is 22.4 Å². The van der Waals surface area contributed by atoms with E-state index in [1.54, 1.807) is 4.57 Å². The first-order chi connectivity index (χ1) is 16.3. The van der Waals surface area contributed by atoms with E-state index in [1.165, 1.54) is 5.69 Å². The summed E-state index contributed by atoms with van der Waals surface area (Å²) < 4.78 is 3.55. The SMILES string of the molecule is Cn1c(=O)n(CC(C)(C)C)c2ccc(-c3ccc(N4CCCN(C(=O)C(C)(C)C)CC4)cc3)[nH+]c21. The number of rotatable bonds is 3. The summed E-state index contributed by atoms with van der Waals surface area (Å²) in [6, 6.07) is 12.6. The number of aryl methyl sites for hydroxylation is 1. The Balaban J connectivity index is 1.54. The lowest BCUT2D eigenvalue weighted by atomic mass is 9.94. The van der Waals surface area contributed by atoms with Gasteiger partial charge >= 0.3 is 11.3 Å². The Morgan fingerprint density at radius 3 is 2.23 bits per heavy atom. The second-order valence-electron chi connectivity index (χ2n) is 12.0. The Morgan fingerprint density at radius 2 is 1.60 bits per heavy atom. The highest BCUT2D eigenvalue weighted by atomic mass is 16.2. The zero-order valence-corrected chi connectivity index (χ0v) is 22.3. The number of amides is 1. The number of hydrogen-bond acceptors (Lipinski definition) is 3. The van der Waals surface area contributed by atoms with E-state index in [9.17, 15) is 9.59 Å². The summed E-state index contributed by atoms with van der Waals surface area (Å²) in [6.07, 6.45) is 0.966. The lowest BCUT2D eigenvalue weighted by Gasteiger charge is -2.28. The Labute approximate surface area is 208 Å². The number of carbonyl (C=O) groups excluding carboxylic acids is 1. The molecule has 1 aliphatic rings. The predicted octanol–water partition coefficient (Wildman–Crippen LogP) is 3.95. The van der Waals surface area contributed by atoms with Crippen LogP contribution >= 0.6 is 0 Å². The molecular weight excluding hydrogens is 438 g/mol. The molecule has 3 heterocycles. The Hall–Kier alpha value is -3.09. The number of nitrogens with one attached hydrogen (secondary N) is 1. The molecule has 1 aromatic carbocycles. The molecule has 7 heteroatoms. The van der Waals surface area contributed by atoms with E-state index in [0.717, 1.165) is 55.0 Å². The first kappa shape index (κ1) is 25.0. The summed E-state index contributed by atoms with van der Waals surface area (Å²) >= 11 is 0. The quantitative estimate of drug-likeness (QED) is 0.573. The highest BCUT2D eigenvalue weighted by Gasteiger charge is 2.28. The Morgan fingerprint density at radius 1 is 0.914 bits per heavy atom. The predicted molar refractivity (Wildman–Crippen MR) is 141 cm³/mol. The summed E-state index contributed by atoms with van der Waals surface area (Å²) in [5, 5.41) is 0. The molecule has 0 saturated carbocycles. The van der Waals surface area contributed by atoms with Crippen LogP contribution in [0.5, 0.6) is 0 Å². The smallest absolute Gasteiger partial charge is 0.370 e. The fraction of sp³-hybridized carbons (Fsp3) is 0.536. The van der Waals surface area contributed by atoms with Gasteiger partial charge < -0.3 is 9.80 Å². The van der Waals surface area contributed by atoms with Gasteiger partial charge in [-0.05, 0) is 48.2 Å². The van der Waals surface area contributed by atoms with E-state index < -0.39 is 0 Å². The van der Waals surface area contributed by atoms with Gasteiger partial charge in [-0.2, -0.15) is 4.57 Å². The fourth-order valence-electron chi connectivity index (χ4n) is 4.83. The second kappa shape index (κ2) is 9.17. The van der Waals surface area contributed by atoms with Gasteiger partial charge in [0.15, 0.2) is 0 Å². The van der Waals surface area contributed by atoms with Gasteiger partial charge in [0.05, 0.1) is 7.05 Å². The maximum atomic E-state index is 12.9. The first-order valence-corrected chi connectivity index (χ1v) is 12.6. The monoisotopic (exact) mass is 478 g/mol. The van der Waals surface area contributed by atoms with E-state index in [1.807, 2.05) is 43.4 Å². The molecule has 0 unspecified atom stereocenters. The molecule has 1 amide bonds. The minimum absolute atomic E-state index is 0.00109. The van der Waals surface area contributed by atoms with Gasteiger partial charge in [-0.1, -0.05) is 41.5 Å². The van der Waals surface area contributed by atoms with Gasteiger partial charge in [-0.25, -0.2) is 9.78 Å². The number of hydrogen-bond donors (Lipinski definition) is 0. The minimum Gasteiger partial charge on any atom is -0.370 e. The van der Waals surface area contributed by atoms with Crippen LogP contribution in [-0.4, -0.2) is 46.1 Å². The number of pyridine rings is 1. The van der Waals surface area contributed by atoms with Gasteiger partial charge in [0.25, 0.3) is 0 Å². The van der Waals surface area contributed by atoms with Crippen LogP contribution in [0.1, 0.15) is 48.0 Å². The van der Waals surface area contributed by atoms with E-state index in [0.29, 0.717) is 6.54 Å². The number of benzene rings is 1. The molecule has 0 bridgehead atoms. The lowest BCUT2D eigenvalue weighted by molar-refractivity contribution is -0.335. The maximum Gasteiger partial charge on any atom is 0.416 e. The van der Waals surface area contributed by atoms with Crippen molar-refractivity contribution in [1.29, 1.82) is 0 Å². The molecule has 1 N–H and O–H groups in total. The average Bonchev–Trinajstić information content (AvgIpc) is 2.96. The molecule has 1 aliphatic heterocycles. The molecular formula is C28H40N5O2+. The molecule has 1 saturated heterocycles. The number of H-pyrrole nitrogens is 1. The zero-order valence-electron chi connectivity index (χ0n) is 22.3. The van der Waals surface area contributed by atoms with Crippen LogP contribution in [0.15, 0.2) is 41.2 Å². The second-order valence-corrected chi connectivity index (χ2v) is 12.0. The van der Waals surface area contributed by atoms with Crippen LogP contribution in [0.25, 0.3) is 22.4 Å². The van der Waals surface area contributed by atoms with E-state index >= 15 is 0 Å². The fourth-order valence-corrected chi connectivity index (χ4v) is 4.83. The molecule has 188 valence electrons. The zero-order chi connectivity index (χ0) is 25.5. The van der Waals surface area contributed by atoms with Crippen molar-refractivity contribution >= 4 is 22.8 Å². The van der Waals surface area contributed by atoms with Gasteiger partial charge in [-0.15, -0.1) is 0 Å². The van der Waals surface area contributed by atoms with Gasteiger partial charge in [-0.3, -0.25) is 9.36 Å². The van der Waals surface area contributed by atoms with Gasteiger partial charge in [0.2, 0.25) is 5.91 Å². The molecule has 2 aromatic heterocycles. The number of aromatic amines is 1. The Kier molecular flexibility index (Phi) is 6.56. The number of anilines is 1. The van der Waals surface area contributed by atoms with Crippen molar-refractivity contribution in [3.05, 3.63) is 46.9 Å². The number of carbonyl (C=O) groups is 1. The number of nitrogens with zero attached hydrogens (tertiary/aromatic N) is 4. The van der Waals surface area contributed by atoms with Crippen molar-refractivity contribution in [3.8, 4) is 11.3 Å². The highest BCUT2D eigenvalue weighted by Crippen LogP contribution is 2.25. The largest absolute Gasteiger partial charge is 0.416 e. The summed E-state index contributed by atoms with van der Waals surface area (Å²) in [7, 11) is 1.82. The van der Waals surface area contributed by atoms with Crippen LogP contribution in [0.3, 0.4) is 0 Å². The Bertz CT molecular complexity index is 1270.